The van der Waals surface area contributed by atoms with Gasteiger partial charge in [0.25, 0.3) is 11.8 Å². The summed E-state index contributed by atoms with van der Waals surface area (Å²) in [6, 6.07) is 8.29. The minimum absolute atomic E-state index is 0.0742. The third kappa shape index (κ3) is 4.19. The van der Waals surface area contributed by atoms with Crippen LogP contribution in [0.1, 0.15) is 23.2 Å². The third-order valence-electron chi connectivity index (χ3n) is 6.33. The number of halogens is 2. The van der Waals surface area contributed by atoms with Crippen LogP contribution in [0.25, 0.3) is 0 Å². The summed E-state index contributed by atoms with van der Waals surface area (Å²) in [5.74, 6) is -2.85. The molecule has 2 saturated carbocycles. The van der Waals surface area contributed by atoms with Gasteiger partial charge < -0.3 is 4.74 Å². The summed E-state index contributed by atoms with van der Waals surface area (Å²) in [5, 5.41) is 0. The van der Waals surface area contributed by atoms with Gasteiger partial charge in [-0.05, 0) is 30.4 Å². The summed E-state index contributed by atoms with van der Waals surface area (Å²) >= 11 is 7.26. The van der Waals surface area contributed by atoms with Crippen LogP contribution in [0.5, 0.6) is 0 Å². The van der Waals surface area contributed by atoms with Crippen molar-refractivity contribution in [1.82, 2.24) is 15.8 Å². The van der Waals surface area contributed by atoms with Crippen LogP contribution in [-0.2, 0) is 23.9 Å². The molecule has 1 saturated heterocycles. The fourth-order valence-corrected chi connectivity index (χ4v) is 6.75. The standard InChI is InChI=1S/C21H21Br2N3O6/c22-17-11-8-12(18(17)23)16-15(11)20(30)26(21(16)31)7-6-14(28)32-9-13(27)24-25-19(29)10-4-2-1-3-5-10/h1-5,11-12,15-18H,6-9H2,(H,24,27)(H,25,29)/t11-,12-,15-,16+,17+,18+/m1/s1. The van der Waals surface area contributed by atoms with E-state index in [2.05, 4.69) is 42.7 Å². The number of amides is 4. The molecule has 2 bridgehead atoms. The van der Waals surface area contributed by atoms with Gasteiger partial charge in [0.2, 0.25) is 11.8 Å². The molecule has 2 N–H and O–H groups in total. The second-order valence-corrected chi connectivity index (χ2v) is 10.2. The topological polar surface area (TPSA) is 122 Å². The van der Waals surface area contributed by atoms with E-state index in [1.165, 1.54) is 0 Å². The van der Waals surface area contributed by atoms with E-state index < -0.39 is 24.4 Å². The lowest BCUT2D eigenvalue weighted by molar-refractivity contribution is -0.150. The van der Waals surface area contributed by atoms with E-state index in [0.29, 0.717) is 5.56 Å². The summed E-state index contributed by atoms with van der Waals surface area (Å²) in [7, 11) is 0. The van der Waals surface area contributed by atoms with Crippen LogP contribution in [0, 0.1) is 23.7 Å². The van der Waals surface area contributed by atoms with E-state index in [1.54, 1.807) is 30.3 Å². The van der Waals surface area contributed by atoms with Crippen LogP contribution in [0.4, 0.5) is 0 Å². The molecule has 4 amide bonds. The number of benzene rings is 1. The molecule has 0 aromatic heterocycles. The summed E-state index contributed by atoms with van der Waals surface area (Å²) in [6.07, 6.45) is 0.635. The van der Waals surface area contributed by atoms with E-state index >= 15 is 0 Å². The second kappa shape index (κ2) is 9.30. The SMILES string of the molecule is O=C(COC(=O)CCN1C(=O)[C@@H]2[C@H]3C[C@@H]([C@H](Br)[C@H]3Br)[C@@H]2C1=O)NNC(=O)c1ccccc1. The van der Waals surface area contributed by atoms with Crippen molar-refractivity contribution >= 4 is 61.5 Å². The Hall–Kier alpha value is -2.27. The minimum atomic E-state index is -0.716. The number of nitrogens with zero attached hydrogens (tertiary/aromatic N) is 1. The van der Waals surface area contributed by atoms with Gasteiger partial charge in [-0.3, -0.25) is 39.7 Å². The Balaban J connectivity index is 1.20. The number of fused-ring (bicyclic) bond motifs is 5. The molecule has 2 aliphatic carbocycles. The molecule has 0 radical (unpaired) electrons. The Morgan fingerprint density at radius 3 is 2.16 bits per heavy atom. The van der Waals surface area contributed by atoms with Crippen molar-refractivity contribution in [3.63, 3.8) is 0 Å². The highest BCUT2D eigenvalue weighted by Gasteiger charge is 2.66. The van der Waals surface area contributed by atoms with Crippen molar-refractivity contribution in [3.05, 3.63) is 35.9 Å². The van der Waals surface area contributed by atoms with E-state index in [4.69, 9.17) is 4.74 Å². The highest BCUT2D eigenvalue weighted by atomic mass is 79.9. The van der Waals surface area contributed by atoms with Gasteiger partial charge in [0.1, 0.15) is 0 Å². The Morgan fingerprint density at radius 2 is 1.56 bits per heavy atom. The number of carbonyl (C=O) groups is 5. The maximum atomic E-state index is 12.8. The number of ether oxygens (including phenoxy) is 1. The van der Waals surface area contributed by atoms with Crippen LogP contribution in [-0.4, -0.2) is 57.3 Å². The van der Waals surface area contributed by atoms with Crippen molar-refractivity contribution in [2.24, 2.45) is 23.7 Å². The molecule has 0 spiro atoms. The highest BCUT2D eigenvalue weighted by Crippen LogP contribution is 2.60. The van der Waals surface area contributed by atoms with Gasteiger partial charge >= 0.3 is 5.97 Å². The Bertz CT molecular complexity index is 926. The molecule has 1 aromatic rings. The molecule has 11 heteroatoms. The number of carbonyl (C=O) groups excluding carboxylic acids is 5. The van der Waals surface area contributed by atoms with Gasteiger partial charge in [0.05, 0.1) is 18.3 Å². The zero-order chi connectivity index (χ0) is 23.0. The van der Waals surface area contributed by atoms with Gasteiger partial charge in [-0.2, -0.15) is 0 Å². The van der Waals surface area contributed by atoms with E-state index in [1.807, 2.05) is 0 Å². The molecule has 1 aromatic carbocycles. The maximum absolute atomic E-state index is 12.8. The Kier molecular flexibility index (Phi) is 6.66. The van der Waals surface area contributed by atoms with Gasteiger partial charge in [-0.25, -0.2) is 0 Å². The zero-order valence-corrected chi connectivity index (χ0v) is 20.0. The number of imide groups is 1. The molecule has 6 atom stereocenters. The Morgan fingerprint density at radius 1 is 0.969 bits per heavy atom. The zero-order valence-electron chi connectivity index (χ0n) is 16.8. The van der Waals surface area contributed by atoms with E-state index in [9.17, 15) is 24.0 Å². The number of nitrogens with one attached hydrogen (secondary N) is 2. The lowest BCUT2D eigenvalue weighted by Crippen LogP contribution is -2.43. The molecule has 1 aliphatic heterocycles. The number of likely N-dealkylation sites (tertiary alicyclic amines) is 1. The van der Waals surface area contributed by atoms with Crippen molar-refractivity contribution in [1.29, 1.82) is 0 Å². The van der Waals surface area contributed by atoms with Crippen molar-refractivity contribution in [2.75, 3.05) is 13.2 Å². The number of esters is 1. The lowest BCUT2D eigenvalue weighted by Gasteiger charge is -2.28. The predicted octanol–water partition coefficient (Wildman–Crippen LogP) is 1.16. The minimum Gasteiger partial charge on any atom is -0.455 e. The van der Waals surface area contributed by atoms with Crippen molar-refractivity contribution in [3.8, 4) is 0 Å². The monoisotopic (exact) mass is 569 g/mol. The number of hydrogen-bond donors (Lipinski definition) is 2. The van der Waals surface area contributed by atoms with E-state index in [-0.39, 0.29) is 58.1 Å². The quantitative estimate of drug-likeness (QED) is 0.229. The average Bonchev–Trinajstić information content (AvgIpc) is 3.40. The first kappa shape index (κ1) is 22.9. The third-order valence-corrected chi connectivity index (χ3v) is 9.54. The highest BCUT2D eigenvalue weighted by molar-refractivity contribution is 9.12. The summed E-state index contributed by atoms with van der Waals surface area (Å²) < 4.78 is 4.89. The largest absolute Gasteiger partial charge is 0.455 e. The van der Waals surface area contributed by atoms with Gasteiger partial charge in [0.15, 0.2) is 6.61 Å². The summed E-state index contributed by atoms with van der Waals surface area (Å²) in [5.41, 5.74) is 4.74. The average molecular weight is 571 g/mol. The van der Waals surface area contributed by atoms with Gasteiger partial charge in [0, 0.05) is 21.8 Å². The molecule has 4 rings (SSSR count). The van der Waals surface area contributed by atoms with Crippen LogP contribution < -0.4 is 10.9 Å². The summed E-state index contributed by atoms with van der Waals surface area (Å²) in [6.45, 7) is -0.670. The fraction of sp³-hybridized carbons (Fsp3) is 0.476. The van der Waals surface area contributed by atoms with Crippen molar-refractivity contribution < 1.29 is 28.7 Å². The fourth-order valence-electron chi connectivity index (χ4n) is 4.88. The predicted molar refractivity (Wildman–Crippen MR) is 118 cm³/mol. The number of hydrogen-bond acceptors (Lipinski definition) is 6. The molecule has 170 valence electrons. The number of alkyl halides is 2. The first-order chi connectivity index (χ1) is 15.3. The first-order valence-corrected chi connectivity index (χ1v) is 12.1. The molecule has 3 aliphatic rings. The first-order valence-electron chi connectivity index (χ1n) is 10.2. The van der Waals surface area contributed by atoms with Crippen LogP contribution in [0.3, 0.4) is 0 Å². The van der Waals surface area contributed by atoms with Crippen molar-refractivity contribution in [2.45, 2.75) is 22.5 Å². The molecule has 3 fully saturated rings. The van der Waals surface area contributed by atoms with E-state index in [0.717, 1.165) is 11.3 Å². The molecule has 9 nitrogen and oxygen atoms in total. The van der Waals surface area contributed by atoms with Gasteiger partial charge in [-0.15, -0.1) is 0 Å². The molecule has 0 unspecified atom stereocenters. The molecule has 1 heterocycles. The lowest BCUT2D eigenvalue weighted by atomic mass is 9.81. The van der Waals surface area contributed by atoms with Gasteiger partial charge in [-0.1, -0.05) is 50.1 Å². The number of rotatable bonds is 6. The molecular weight excluding hydrogens is 550 g/mol. The number of hydrazine groups is 1. The van der Waals surface area contributed by atoms with Crippen LogP contribution >= 0.6 is 31.9 Å². The van der Waals surface area contributed by atoms with Crippen LogP contribution in [0.15, 0.2) is 30.3 Å². The molecular formula is C21H21Br2N3O6. The molecule has 32 heavy (non-hydrogen) atoms. The normalized spacial score (nSPS) is 30.2. The maximum Gasteiger partial charge on any atom is 0.308 e. The Labute approximate surface area is 200 Å². The smallest absolute Gasteiger partial charge is 0.308 e. The van der Waals surface area contributed by atoms with Crippen LogP contribution in [0.2, 0.25) is 0 Å². The summed E-state index contributed by atoms with van der Waals surface area (Å²) in [4.78, 5) is 62.7. The second-order valence-electron chi connectivity index (χ2n) is 8.11.